The van der Waals surface area contributed by atoms with Crippen molar-refractivity contribution in [3.05, 3.63) is 27.9 Å². The van der Waals surface area contributed by atoms with E-state index in [-0.39, 0.29) is 18.3 Å². The normalized spacial score (nSPS) is 17.5. The summed E-state index contributed by atoms with van der Waals surface area (Å²) in [5, 5.41) is 4.67. The molecule has 2 heterocycles. The van der Waals surface area contributed by atoms with Crippen LogP contribution >= 0.6 is 35.6 Å². The number of rotatable bonds is 5. The first-order valence-electron chi connectivity index (χ1n) is 8.12. The van der Waals surface area contributed by atoms with Gasteiger partial charge in [0.25, 0.3) is 5.91 Å². The molecule has 1 aliphatic heterocycles. The van der Waals surface area contributed by atoms with E-state index < -0.39 is 0 Å². The average molecular weight is 407 g/mol. The molecule has 1 amide bonds. The third-order valence-corrected chi connectivity index (χ3v) is 5.13. The van der Waals surface area contributed by atoms with E-state index in [1.807, 2.05) is 0 Å². The monoisotopic (exact) mass is 405 g/mol. The zero-order valence-electron chi connectivity index (χ0n) is 14.2. The van der Waals surface area contributed by atoms with Crippen molar-refractivity contribution in [3.8, 4) is 5.75 Å². The summed E-state index contributed by atoms with van der Waals surface area (Å²) in [6.07, 6.45) is 2.29. The van der Waals surface area contributed by atoms with Gasteiger partial charge in [-0.1, -0.05) is 30.1 Å². The quantitative estimate of drug-likeness (QED) is 0.785. The van der Waals surface area contributed by atoms with Gasteiger partial charge in [0.1, 0.15) is 5.69 Å². The minimum absolute atomic E-state index is 0. The van der Waals surface area contributed by atoms with Crippen molar-refractivity contribution in [2.45, 2.75) is 25.8 Å². The van der Waals surface area contributed by atoms with E-state index in [0.717, 1.165) is 19.5 Å². The van der Waals surface area contributed by atoms with E-state index in [9.17, 15) is 4.79 Å². The zero-order valence-corrected chi connectivity index (χ0v) is 16.5. The van der Waals surface area contributed by atoms with Crippen LogP contribution in [0.1, 0.15) is 30.3 Å². The Morgan fingerprint density at radius 1 is 1.44 bits per heavy atom. The molecule has 1 aromatic heterocycles. The van der Waals surface area contributed by atoms with E-state index >= 15 is 0 Å². The number of amides is 1. The molecule has 8 heteroatoms. The molecular weight excluding hydrogens is 385 g/mol. The highest BCUT2D eigenvalue weighted by molar-refractivity contribution is 6.38. The van der Waals surface area contributed by atoms with Crippen LogP contribution in [0.5, 0.6) is 5.75 Å². The Morgan fingerprint density at radius 2 is 2.20 bits per heavy atom. The number of carbonyl (C=O) groups is 1. The van der Waals surface area contributed by atoms with E-state index in [0.29, 0.717) is 45.0 Å². The summed E-state index contributed by atoms with van der Waals surface area (Å²) in [5.74, 6) is 0.267. The molecule has 1 aromatic carbocycles. The number of nitrogens with zero attached hydrogens (tertiary/aromatic N) is 1. The number of carbonyl (C=O) groups excluding carboxylic acids is 1. The number of nitrogens with one attached hydrogen (secondary N) is 2. The predicted molar refractivity (Wildman–Crippen MR) is 105 cm³/mol. The van der Waals surface area contributed by atoms with Gasteiger partial charge in [0.05, 0.1) is 17.6 Å². The van der Waals surface area contributed by atoms with Gasteiger partial charge in [-0.05, 0) is 38.1 Å². The summed E-state index contributed by atoms with van der Waals surface area (Å²) in [5.41, 5.74) is 1.02. The fourth-order valence-electron chi connectivity index (χ4n) is 3.41. The van der Waals surface area contributed by atoms with Crippen LogP contribution in [-0.2, 0) is 0 Å². The molecule has 0 radical (unpaired) electrons. The standard InChI is InChI=1S/C17H21Cl2N3O2.ClH/c1-3-22-6-4-5-11(22)9-20-17(23)15-16(24-2)12-7-10(18)8-13(19)14(12)21-15;/h7-8,11,21H,3-6,9H2,1-2H3,(H,20,23);1H. The summed E-state index contributed by atoms with van der Waals surface area (Å²) < 4.78 is 5.42. The molecule has 1 unspecified atom stereocenters. The first-order valence-corrected chi connectivity index (χ1v) is 8.87. The molecule has 2 N–H and O–H groups in total. The number of hydrogen-bond donors (Lipinski definition) is 2. The van der Waals surface area contributed by atoms with Gasteiger partial charge >= 0.3 is 0 Å². The summed E-state index contributed by atoms with van der Waals surface area (Å²) in [4.78, 5) is 18.1. The molecule has 0 bridgehead atoms. The molecule has 138 valence electrons. The van der Waals surface area contributed by atoms with Crippen LogP contribution in [0.15, 0.2) is 12.1 Å². The van der Waals surface area contributed by atoms with Crippen molar-refractivity contribution in [2.24, 2.45) is 0 Å². The van der Waals surface area contributed by atoms with Crippen LogP contribution in [0.4, 0.5) is 0 Å². The van der Waals surface area contributed by atoms with E-state index in [4.69, 9.17) is 27.9 Å². The maximum Gasteiger partial charge on any atom is 0.271 e. The molecule has 2 aromatic rings. The second kappa shape index (κ2) is 8.49. The van der Waals surface area contributed by atoms with Gasteiger partial charge in [-0.3, -0.25) is 9.69 Å². The molecular formula is C17H22Cl3N3O2. The van der Waals surface area contributed by atoms with Gasteiger partial charge < -0.3 is 15.0 Å². The second-order valence-electron chi connectivity index (χ2n) is 5.98. The average Bonchev–Trinajstić information content (AvgIpc) is 3.16. The minimum Gasteiger partial charge on any atom is -0.494 e. The van der Waals surface area contributed by atoms with Crippen molar-refractivity contribution in [1.29, 1.82) is 0 Å². The largest absolute Gasteiger partial charge is 0.494 e. The number of aromatic nitrogens is 1. The molecule has 5 nitrogen and oxygen atoms in total. The highest BCUT2D eigenvalue weighted by Crippen LogP contribution is 2.36. The lowest BCUT2D eigenvalue weighted by Crippen LogP contribution is -2.40. The number of halogens is 3. The number of fused-ring (bicyclic) bond motifs is 1. The first kappa shape index (κ1) is 20.2. The summed E-state index contributed by atoms with van der Waals surface area (Å²) in [6, 6.07) is 3.78. The third-order valence-electron chi connectivity index (χ3n) is 4.61. The number of H-pyrrole nitrogens is 1. The fraction of sp³-hybridized carbons (Fsp3) is 0.471. The molecule has 1 fully saturated rings. The van der Waals surface area contributed by atoms with Gasteiger partial charge in [0, 0.05) is 23.0 Å². The minimum atomic E-state index is -0.196. The second-order valence-corrected chi connectivity index (χ2v) is 6.82. The molecule has 3 rings (SSSR count). The zero-order chi connectivity index (χ0) is 17.3. The Bertz CT molecular complexity index is 763. The van der Waals surface area contributed by atoms with Crippen molar-refractivity contribution in [2.75, 3.05) is 26.7 Å². The topological polar surface area (TPSA) is 57.4 Å². The van der Waals surface area contributed by atoms with Crippen molar-refractivity contribution >= 4 is 52.4 Å². The lowest BCUT2D eigenvalue weighted by atomic mass is 10.2. The Kier molecular flexibility index (Phi) is 6.86. The van der Waals surface area contributed by atoms with Crippen LogP contribution in [0.3, 0.4) is 0 Å². The Labute approximate surface area is 163 Å². The number of likely N-dealkylation sites (N-methyl/N-ethyl adjacent to an activating group) is 1. The predicted octanol–water partition coefficient (Wildman–Crippen LogP) is 4.12. The Hall–Kier alpha value is -1.14. The van der Waals surface area contributed by atoms with Crippen molar-refractivity contribution in [3.63, 3.8) is 0 Å². The molecule has 0 aliphatic carbocycles. The third kappa shape index (κ3) is 4.00. The molecule has 1 saturated heterocycles. The highest BCUT2D eigenvalue weighted by Gasteiger charge is 2.25. The molecule has 1 aliphatic rings. The maximum atomic E-state index is 12.6. The van der Waals surface area contributed by atoms with Crippen LogP contribution in [0, 0.1) is 0 Å². The molecule has 1 atom stereocenters. The van der Waals surface area contributed by atoms with Gasteiger partial charge in [0.15, 0.2) is 5.75 Å². The van der Waals surface area contributed by atoms with Gasteiger partial charge in [-0.15, -0.1) is 12.4 Å². The molecule has 0 spiro atoms. The Balaban J connectivity index is 0.00000225. The van der Waals surface area contributed by atoms with Crippen LogP contribution in [0.25, 0.3) is 10.9 Å². The highest BCUT2D eigenvalue weighted by atomic mass is 35.5. The van der Waals surface area contributed by atoms with E-state index in [2.05, 4.69) is 22.1 Å². The van der Waals surface area contributed by atoms with Crippen LogP contribution < -0.4 is 10.1 Å². The number of aromatic amines is 1. The number of benzene rings is 1. The van der Waals surface area contributed by atoms with E-state index in [1.165, 1.54) is 13.5 Å². The fourth-order valence-corrected chi connectivity index (χ4v) is 3.95. The SMILES string of the molecule is CCN1CCCC1CNC(=O)c1[nH]c2c(Cl)cc(Cl)cc2c1OC.Cl. The number of likely N-dealkylation sites (tertiary alicyclic amines) is 1. The number of ether oxygens (including phenoxy) is 1. The first-order chi connectivity index (χ1) is 11.5. The van der Waals surface area contributed by atoms with Crippen LogP contribution in [0.2, 0.25) is 10.0 Å². The lowest BCUT2D eigenvalue weighted by molar-refractivity contribution is 0.0934. The molecule has 0 saturated carbocycles. The maximum absolute atomic E-state index is 12.6. The van der Waals surface area contributed by atoms with Crippen LogP contribution in [-0.4, -0.2) is 48.6 Å². The smallest absolute Gasteiger partial charge is 0.271 e. The summed E-state index contributed by atoms with van der Waals surface area (Å²) >= 11 is 12.3. The summed E-state index contributed by atoms with van der Waals surface area (Å²) in [6.45, 7) is 4.87. The lowest BCUT2D eigenvalue weighted by Gasteiger charge is -2.22. The van der Waals surface area contributed by atoms with Crippen molar-refractivity contribution in [1.82, 2.24) is 15.2 Å². The van der Waals surface area contributed by atoms with Crippen molar-refractivity contribution < 1.29 is 9.53 Å². The number of hydrogen-bond acceptors (Lipinski definition) is 3. The number of methoxy groups -OCH3 is 1. The summed E-state index contributed by atoms with van der Waals surface area (Å²) in [7, 11) is 1.53. The Morgan fingerprint density at radius 3 is 2.88 bits per heavy atom. The van der Waals surface area contributed by atoms with E-state index in [1.54, 1.807) is 12.1 Å². The van der Waals surface area contributed by atoms with Gasteiger partial charge in [-0.25, -0.2) is 0 Å². The van der Waals surface area contributed by atoms with Gasteiger partial charge in [-0.2, -0.15) is 0 Å². The molecule has 25 heavy (non-hydrogen) atoms. The van der Waals surface area contributed by atoms with Gasteiger partial charge in [0.2, 0.25) is 0 Å².